The largest absolute Gasteiger partial charge is 0.374 e. The molecule has 0 radical (unpaired) electrons. The van der Waals surface area contributed by atoms with Crippen molar-refractivity contribution in [2.75, 3.05) is 23.3 Å². The van der Waals surface area contributed by atoms with Crippen molar-refractivity contribution < 1.29 is 5.11 Å². The molecule has 4 aromatic heterocycles. The van der Waals surface area contributed by atoms with Gasteiger partial charge in [-0.05, 0) is 68.5 Å². The zero-order chi connectivity index (χ0) is 25.2. The molecule has 1 aliphatic heterocycles. The SMILES string of the molecule is CCCCC(O)Nc1cncc(-c2ccc3[nH]nc(-c4cc5c(N6CCCCC6)cccc5[nH]4)c3n2)c1. The molecule has 4 N–H and O–H groups in total. The Hall–Kier alpha value is -3.91. The van der Waals surface area contributed by atoms with E-state index in [0.29, 0.717) is 6.42 Å². The number of anilines is 2. The first-order valence-corrected chi connectivity index (χ1v) is 13.3. The van der Waals surface area contributed by atoms with E-state index in [9.17, 15) is 5.11 Å². The molecule has 0 amide bonds. The second kappa shape index (κ2) is 10.2. The van der Waals surface area contributed by atoms with Gasteiger partial charge in [-0.25, -0.2) is 4.98 Å². The number of H-pyrrole nitrogens is 2. The summed E-state index contributed by atoms with van der Waals surface area (Å²) in [6, 6.07) is 14.6. The van der Waals surface area contributed by atoms with Crippen LogP contribution in [0.4, 0.5) is 11.4 Å². The highest BCUT2D eigenvalue weighted by molar-refractivity contribution is 5.99. The van der Waals surface area contributed by atoms with Gasteiger partial charge in [0.1, 0.15) is 17.4 Å². The summed E-state index contributed by atoms with van der Waals surface area (Å²) in [6.45, 7) is 4.32. The summed E-state index contributed by atoms with van der Waals surface area (Å²) in [5.74, 6) is 0. The Morgan fingerprint density at radius 2 is 1.95 bits per heavy atom. The molecule has 5 aromatic rings. The molecule has 1 unspecified atom stereocenters. The van der Waals surface area contributed by atoms with Gasteiger partial charge >= 0.3 is 0 Å². The summed E-state index contributed by atoms with van der Waals surface area (Å²) in [7, 11) is 0. The Morgan fingerprint density at radius 3 is 2.81 bits per heavy atom. The third-order valence-electron chi connectivity index (χ3n) is 7.20. The van der Waals surface area contributed by atoms with E-state index in [0.717, 1.165) is 70.8 Å². The Kier molecular flexibility index (Phi) is 6.49. The number of hydrogen-bond donors (Lipinski definition) is 4. The fourth-order valence-corrected chi connectivity index (χ4v) is 5.25. The van der Waals surface area contributed by atoms with Crippen LogP contribution in [0.2, 0.25) is 0 Å². The third-order valence-corrected chi connectivity index (χ3v) is 7.20. The molecule has 6 rings (SSSR count). The van der Waals surface area contributed by atoms with Gasteiger partial charge in [0.15, 0.2) is 0 Å². The van der Waals surface area contributed by atoms with Crippen molar-refractivity contribution in [1.29, 1.82) is 0 Å². The molecule has 8 heteroatoms. The predicted octanol–water partition coefficient (Wildman–Crippen LogP) is 6.08. The van der Waals surface area contributed by atoms with Crippen molar-refractivity contribution in [3.8, 4) is 22.6 Å². The summed E-state index contributed by atoms with van der Waals surface area (Å²) >= 11 is 0. The molecular weight excluding hydrogens is 462 g/mol. The standard InChI is InChI=1S/C29H33N7O/c1-2-3-10-27(37)31-20-15-19(17-30-18-20)22-11-12-24-28(33-22)29(35-34-24)25-16-21-23(32-25)8-7-9-26(21)36-13-5-4-6-14-36/h7-9,11-12,15-18,27,31-32,37H,2-6,10,13-14H2,1H3,(H,34,35). The first-order chi connectivity index (χ1) is 18.2. The average molecular weight is 496 g/mol. The smallest absolute Gasteiger partial charge is 0.135 e. The maximum Gasteiger partial charge on any atom is 0.135 e. The number of pyridine rings is 2. The van der Waals surface area contributed by atoms with Gasteiger partial charge in [0, 0.05) is 41.4 Å². The highest BCUT2D eigenvalue weighted by atomic mass is 16.3. The first-order valence-electron chi connectivity index (χ1n) is 13.3. The lowest BCUT2D eigenvalue weighted by molar-refractivity contribution is 0.190. The van der Waals surface area contributed by atoms with Crippen molar-refractivity contribution in [3.63, 3.8) is 0 Å². The van der Waals surface area contributed by atoms with E-state index in [-0.39, 0.29) is 0 Å². The Balaban J connectivity index is 1.33. The maximum atomic E-state index is 10.3. The Morgan fingerprint density at radius 1 is 1.05 bits per heavy atom. The van der Waals surface area contributed by atoms with Crippen molar-refractivity contribution in [2.24, 2.45) is 0 Å². The van der Waals surface area contributed by atoms with Crippen LogP contribution in [-0.2, 0) is 0 Å². The monoisotopic (exact) mass is 495 g/mol. The number of nitrogens with zero attached hydrogens (tertiary/aromatic N) is 4. The maximum absolute atomic E-state index is 10.3. The van der Waals surface area contributed by atoms with Gasteiger partial charge in [-0.3, -0.25) is 10.1 Å². The summed E-state index contributed by atoms with van der Waals surface area (Å²) in [5, 5.41) is 22.4. The summed E-state index contributed by atoms with van der Waals surface area (Å²) in [4.78, 5) is 15.4. The molecule has 1 aromatic carbocycles. The zero-order valence-electron chi connectivity index (χ0n) is 21.2. The minimum atomic E-state index is -0.593. The van der Waals surface area contributed by atoms with E-state index >= 15 is 0 Å². The number of aliphatic hydroxyl groups excluding tert-OH is 1. The molecule has 0 saturated carbocycles. The number of aromatic amines is 2. The van der Waals surface area contributed by atoms with Crippen molar-refractivity contribution in [1.82, 2.24) is 25.1 Å². The number of aromatic nitrogens is 5. The fraction of sp³-hybridized carbons (Fsp3) is 0.345. The van der Waals surface area contributed by atoms with Crippen LogP contribution in [0.3, 0.4) is 0 Å². The molecule has 0 bridgehead atoms. The van der Waals surface area contributed by atoms with Crippen LogP contribution < -0.4 is 10.2 Å². The van der Waals surface area contributed by atoms with Crippen molar-refractivity contribution >= 4 is 33.3 Å². The lowest BCUT2D eigenvalue weighted by Gasteiger charge is -2.29. The topological polar surface area (TPSA) is 106 Å². The second-order valence-electron chi connectivity index (χ2n) is 9.90. The molecule has 8 nitrogen and oxygen atoms in total. The highest BCUT2D eigenvalue weighted by Gasteiger charge is 2.18. The normalized spacial score (nSPS) is 14.9. The number of rotatable bonds is 8. The van der Waals surface area contributed by atoms with Gasteiger partial charge in [0.25, 0.3) is 0 Å². The Bertz CT molecular complexity index is 1520. The highest BCUT2D eigenvalue weighted by Crippen LogP contribution is 2.34. The van der Waals surface area contributed by atoms with Crippen molar-refractivity contribution in [2.45, 2.75) is 51.7 Å². The van der Waals surface area contributed by atoms with Crippen LogP contribution in [0.15, 0.2) is 54.9 Å². The number of piperidine rings is 1. The van der Waals surface area contributed by atoms with Crippen LogP contribution in [0.1, 0.15) is 45.4 Å². The predicted molar refractivity (Wildman–Crippen MR) is 150 cm³/mol. The van der Waals surface area contributed by atoms with Crippen LogP contribution in [-0.4, -0.2) is 49.6 Å². The summed E-state index contributed by atoms with van der Waals surface area (Å²) in [6.07, 6.45) is 9.45. The fourth-order valence-electron chi connectivity index (χ4n) is 5.25. The van der Waals surface area contributed by atoms with E-state index in [1.54, 1.807) is 12.4 Å². The number of aliphatic hydroxyl groups is 1. The van der Waals surface area contributed by atoms with Crippen LogP contribution in [0.25, 0.3) is 44.6 Å². The molecule has 1 atom stereocenters. The van der Waals surface area contributed by atoms with E-state index in [1.807, 2.05) is 18.2 Å². The van der Waals surface area contributed by atoms with Gasteiger partial charge in [-0.15, -0.1) is 0 Å². The number of nitrogens with one attached hydrogen (secondary N) is 3. The zero-order valence-corrected chi connectivity index (χ0v) is 21.2. The van der Waals surface area contributed by atoms with Crippen LogP contribution in [0, 0.1) is 0 Å². The van der Waals surface area contributed by atoms with Gasteiger partial charge in [-0.2, -0.15) is 5.10 Å². The second-order valence-corrected chi connectivity index (χ2v) is 9.90. The lowest BCUT2D eigenvalue weighted by Crippen LogP contribution is -2.29. The molecular formula is C29H33N7O. The number of hydrogen-bond acceptors (Lipinski definition) is 6. The number of fused-ring (bicyclic) bond motifs is 2. The molecule has 0 aliphatic carbocycles. The third kappa shape index (κ3) is 4.76. The van der Waals surface area contributed by atoms with Crippen LogP contribution in [0.5, 0.6) is 0 Å². The molecule has 37 heavy (non-hydrogen) atoms. The average Bonchev–Trinajstić information content (AvgIpc) is 3.56. The van der Waals surface area contributed by atoms with E-state index in [2.05, 4.69) is 61.6 Å². The van der Waals surface area contributed by atoms with Crippen molar-refractivity contribution in [3.05, 3.63) is 54.9 Å². The summed E-state index contributed by atoms with van der Waals surface area (Å²) in [5.41, 5.74) is 8.29. The van der Waals surface area contributed by atoms with Gasteiger partial charge in [0.2, 0.25) is 0 Å². The van der Waals surface area contributed by atoms with E-state index < -0.39 is 6.23 Å². The molecule has 1 saturated heterocycles. The minimum absolute atomic E-state index is 0.593. The van der Waals surface area contributed by atoms with Gasteiger partial charge < -0.3 is 20.3 Å². The lowest BCUT2D eigenvalue weighted by atomic mass is 10.1. The quantitative estimate of drug-likeness (QED) is 0.194. The Labute approximate surface area is 216 Å². The molecule has 1 aliphatic rings. The molecule has 0 spiro atoms. The summed E-state index contributed by atoms with van der Waals surface area (Å²) < 4.78 is 0. The number of unbranched alkanes of at least 4 members (excludes halogenated alkanes) is 1. The van der Waals surface area contributed by atoms with Gasteiger partial charge in [-0.1, -0.05) is 19.4 Å². The molecule has 190 valence electrons. The first kappa shape index (κ1) is 23.5. The molecule has 1 fully saturated rings. The van der Waals surface area contributed by atoms with E-state index in [1.165, 1.54) is 30.3 Å². The minimum Gasteiger partial charge on any atom is -0.374 e. The number of benzene rings is 1. The van der Waals surface area contributed by atoms with Crippen LogP contribution >= 0.6 is 0 Å². The van der Waals surface area contributed by atoms with Gasteiger partial charge in [0.05, 0.1) is 28.8 Å². The van der Waals surface area contributed by atoms with E-state index in [4.69, 9.17) is 4.98 Å². The molecule has 5 heterocycles.